The molecule has 4 heteroatoms. The molecule has 0 radical (unpaired) electrons. The van der Waals surface area contributed by atoms with Gasteiger partial charge in [0.15, 0.2) is 0 Å². The number of aryl methyl sites for hydroxylation is 1. The molecule has 0 atom stereocenters. The van der Waals surface area contributed by atoms with Gasteiger partial charge in [-0.1, -0.05) is 49.6 Å². The Hall–Kier alpha value is -1.23. The van der Waals surface area contributed by atoms with Crippen molar-refractivity contribution < 1.29 is 0 Å². The first-order valence-electron chi connectivity index (χ1n) is 7.26. The van der Waals surface area contributed by atoms with E-state index >= 15 is 0 Å². The van der Waals surface area contributed by atoms with E-state index in [1.54, 1.807) is 11.9 Å². The maximum Gasteiger partial charge on any atom is 0.0608 e. The van der Waals surface area contributed by atoms with Gasteiger partial charge in [0.25, 0.3) is 0 Å². The quantitative estimate of drug-likeness (QED) is 0.315. The predicted molar refractivity (Wildman–Crippen MR) is 107 cm³/mol. The normalized spacial score (nSPS) is 11.4. The number of halogens is 2. The minimum atomic E-state index is 1.10. The van der Waals surface area contributed by atoms with Crippen LogP contribution < -0.4 is 0 Å². The van der Waals surface area contributed by atoms with Crippen LogP contribution in [0, 0.1) is 6.92 Å². The van der Waals surface area contributed by atoms with Gasteiger partial charge in [0.05, 0.1) is 11.0 Å². The van der Waals surface area contributed by atoms with Crippen LogP contribution >= 0.6 is 43.8 Å². The molecule has 3 aromatic carbocycles. The number of nitrogens with zero attached hydrogens (tertiary/aromatic N) is 1. The molecule has 1 nitrogen and oxygen atoms in total. The summed E-state index contributed by atoms with van der Waals surface area (Å²) < 4.78 is 4.52. The average molecular weight is 447 g/mol. The molecule has 0 unspecified atom stereocenters. The first-order chi connectivity index (χ1) is 11.1. The lowest BCUT2D eigenvalue weighted by molar-refractivity contribution is 1.34. The highest BCUT2D eigenvalue weighted by molar-refractivity contribution is 9.10. The molecular weight excluding hydrogens is 434 g/mol. The van der Waals surface area contributed by atoms with Gasteiger partial charge in [0, 0.05) is 24.6 Å². The van der Waals surface area contributed by atoms with E-state index in [2.05, 4.69) is 103 Å². The van der Waals surface area contributed by atoms with Gasteiger partial charge in [-0.15, -0.1) is 0 Å². The van der Waals surface area contributed by atoms with Crippen LogP contribution in [0.4, 0.5) is 0 Å². The molecule has 0 aliphatic heterocycles. The largest absolute Gasteiger partial charge is 0.279 e. The Bertz CT molecular complexity index is 960. The zero-order valence-corrected chi connectivity index (χ0v) is 16.4. The summed E-state index contributed by atoms with van der Waals surface area (Å²) in [4.78, 5) is 1.24. The summed E-state index contributed by atoms with van der Waals surface area (Å²) in [5, 5.41) is 2.52. The minimum absolute atomic E-state index is 1.10. The number of benzene rings is 3. The van der Waals surface area contributed by atoms with Crippen molar-refractivity contribution in [1.82, 2.24) is 3.97 Å². The molecule has 0 saturated carbocycles. The van der Waals surface area contributed by atoms with Crippen molar-refractivity contribution >= 4 is 65.6 Å². The van der Waals surface area contributed by atoms with Crippen molar-refractivity contribution in [2.75, 3.05) is 0 Å². The summed E-state index contributed by atoms with van der Waals surface area (Å²) in [7, 11) is 0. The predicted octanol–water partition coefficient (Wildman–Crippen LogP) is 7.18. The van der Waals surface area contributed by atoms with Gasteiger partial charge in [-0.25, -0.2) is 0 Å². The zero-order valence-electron chi connectivity index (χ0n) is 12.4. The lowest BCUT2D eigenvalue weighted by atomic mass is 10.2. The van der Waals surface area contributed by atoms with Gasteiger partial charge in [-0.05, 0) is 67.4 Å². The SMILES string of the molecule is Cc1ccc(Sn2c3ccc(Br)cc3c3cc(Br)ccc32)cc1. The second-order valence-electron chi connectivity index (χ2n) is 5.52. The van der Waals surface area contributed by atoms with E-state index in [-0.39, 0.29) is 0 Å². The molecule has 0 aliphatic rings. The van der Waals surface area contributed by atoms with Crippen molar-refractivity contribution in [2.24, 2.45) is 0 Å². The number of hydrogen-bond donors (Lipinski definition) is 0. The van der Waals surface area contributed by atoms with Crippen LogP contribution in [0.3, 0.4) is 0 Å². The standard InChI is InChI=1S/C19H13Br2NS/c1-12-2-6-15(7-3-12)23-22-18-8-4-13(20)10-16(18)17-11-14(21)5-9-19(17)22/h2-11H,1H3. The van der Waals surface area contributed by atoms with E-state index in [1.807, 2.05) is 0 Å². The number of rotatable bonds is 2. The summed E-state index contributed by atoms with van der Waals surface area (Å²) in [6.45, 7) is 2.12. The maximum absolute atomic E-state index is 3.59. The molecule has 0 fully saturated rings. The van der Waals surface area contributed by atoms with Gasteiger partial charge < -0.3 is 0 Å². The Balaban J connectivity index is 1.97. The zero-order chi connectivity index (χ0) is 16.0. The third kappa shape index (κ3) is 2.84. The lowest BCUT2D eigenvalue weighted by Crippen LogP contribution is -1.86. The number of hydrogen-bond acceptors (Lipinski definition) is 1. The summed E-state index contributed by atoms with van der Waals surface area (Å²) in [5.74, 6) is 0. The molecular formula is C19H13Br2NS. The fourth-order valence-corrected chi connectivity index (χ4v) is 4.44. The van der Waals surface area contributed by atoms with Gasteiger partial charge in [-0.3, -0.25) is 3.97 Å². The van der Waals surface area contributed by atoms with Crippen molar-refractivity contribution in [3.63, 3.8) is 0 Å². The van der Waals surface area contributed by atoms with Crippen LogP contribution in [0.5, 0.6) is 0 Å². The fourth-order valence-electron chi connectivity index (χ4n) is 2.73. The molecule has 0 saturated heterocycles. The van der Waals surface area contributed by atoms with E-state index in [9.17, 15) is 0 Å². The monoisotopic (exact) mass is 445 g/mol. The first-order valence-corrected chi connectivity index (χ1v) is 9.62. The molecule has 0 aliphatic carbocycles. The number of fused-ring (bicyclic) bond motifs is 3. The molecule has 0 N–H and O–H groups in total. The third-order valence-electron chi connectivity index (χ3n) is 3.86. The van der Waals surface area contributed by atoms with Gasteiger partial charge in [0.1, 0.15) is 0 Å². The van der Waals surface area contributed by atoms with Crippen molar-refractivity contribution in [3.05, 3.63) is 75.2 Å². The molecule has 0 amide bonds. The Morgan fingerprint density at radius 2 is 1.26 bits per heavy atom. The molecule has 4 rings (SSSR count). The third-order valence-corrected chi connectivity index (χ3v) is 5.91. The maximum atomic E-state index is 3.59. The smallest absolute Gasteiger partial charge is 0.0608 e. The molecule has 114 valence electrons. The first kappa shape index (κ1) is 15.3. The highest BCUT2D eigenvalue weighted by Gasteiger charge is 2.12. The summed E-state index contributed by atoms with van der Waals surface area (Å²) in [6, 6.07) is 21.6. The van der Waals surface area contributed by atoms with Crippen LogP contribution in [0.2, 0.25) is 0 Å². The Morgan fingerprint density at radius 3 is 1.78 bits per heavy atom. The van der Waals surface area contributed by atoms with Crippen molar-refractivity contribution in [1.29, 1.82) is 0 Å². The van der Waals surface area contributed by atoms with Gasteiger partial charge >= 0.3 is 0 Å². The summed E-state index contributed by atoms with van der Waals surface area (Å²) >= 11 is 8.95. The molecule has 4 aromatic rings. The minimum Gasteiger partial charge on any atom is -0.279 e. The van der Waals surface area contributed by atoms with Crippen LogP contribution in [-0.4, -0.2) is 3.97 Å². The summed E-state index contributed by atoms with van der Waals surface area (Å²) in [5.41, 5.74) is 3.74. The highest BCUT2D eigenvalue weighted by Crippen LogP contribution is 2.37. The van der Waals surface area contributed by atoms with E-state index in [1.165, 1.54) is 32.3 Å². The molecule has 0 bridgehead atoms. The van der Waals surface area contributed by atoms with Gasteiger partial charge in [0.2, 0.25) is 0 Å². The van der Waals surface area contributed by atoms with Crippen LogP contribution in [-0.2, 0) is 0 Å². The lowest BCUT2D eigenvalue weighted by Gasteiger charge is -2.07. The summed E-state index contributed by atoms with van der Waals surface area (Å²) in [6.07, 6.45) is 0. The topological polar surface area (TPSA) is 4.93 Å². The Kier molecular flexibility index (Phi) is 4.00. The molecule has 1 heterocycles. The van der Waals surface area contributed by atoms with Gasteiger partial charge in [-0.2, -0.15) is 0 Å². The molecule has 1 aromatic heterocycles. The van der Waals surface area contributed by atoms with Crippen LogP contribution in [0.25, 0.3) is 21.8 Å². The average Bonchev–Trinajstić information content (AvgIpc) is 2.82. The fraction of sp³-hybridized carbons (Fsp3) is 0.0526. The number of aromatic nitrogens is 1. The van der Waals surface area contributed by atoms with E-state index in [0.29, 0.717) is 0 Å². The van der Waals surface area contributed by atoms with Crippen molar-refractivity contribution in [3.8, 4) is 0 Å². The Morgan fingerprint density at radius 1 is 0.739 bits per heavy atom. The highest BCUT2D eigenvalue weighted by atomic mass is 79.9. The van der Waals surface area contributed by atoms with Crippen LogP contribution in [0.1, 0.15) is 5.56 Å². The molecule has 0 spiro atoms. The van der Waals surface area contributed by atoms with Crippen molar-refractivity contribution in [2.45, 2.75) is 11.8 Å². The second-order valence-corrected chi connectivity index (χ2v) is 8.37. The van der Waals surface area contributed by atoms with E-state index in [4.69, 9.17) is 0 Å². The Labute approximate surface area is 156 Å². The van der Waals surface area contributed by atoms with E-state index < -0.39 is 0 Å². The molecule has 23 heavy (non-hydrogen) atoms. The second kappa shape index (κ2) is 6.00. The van der Waals surface area contributed by atoms with Crippen LogP contribution in [0.15, 0.2) is 74.5 Å². The van der Waals surface area contributed by atoms with E-state index in [0.717, 1.165) is 8.95 Å².